The molecule has 160 valence electrons. The second-order valence-corrected chi connectivity index (χ2v) is 7.45. The molecule has 0 fully saturated rings. The summed E-state index contributed by atoms with van der Waals surface area (Å²) in [5, 5.41) is -4.56. The molecule has 0 aliphatic carbocycles. The summed E-state index contributed by atoms with van der Waals surface area (Å²) in [6.45, 7) is 0. The van der Waals surface area contributed by atoms with E-state index in [0.29, 0.717) is 0 Å². The minimum absolute atomic E-state index is 0.164. The number of ketones is 2. The van der Waals surface area contributed by atoms with Gasteiger partial charge in [0, 0.05) is 24.0 Å². The number of hydrogen-bond acceptors (Lipinski definition) is 4. The number of fused-ring (bicyclic) bond motifs is 1. The van der Waals surface area contributed by atoms with E-state index in [-0.39, 0.29) is 5.56 Å². The molecular formula is C19H11F7O3S. The topological polar surface area (TPSA) is 43.4 Å². The highest BCUT2D eigenvalue weighted by atomic mass is 32.2. The van der Waals surface area contributed by atoms with Gasteiger partial charge in [-0.2, -0.15) is 30.7 Å². The van der Waals surface area contributed by atoms with Crippen LogP contribution in [-0.4, -0.2) is 22.9 Å². The van der Waals surface area contributed by atoms with Crippen molar-refractivity contribution in [2.24, 2.45) is 0 Å². The molecule has 0 unspecified atom stereocenters. The van der Waals surface area contributed by atoms with Gasteiger partial charge in [0.1, 0.15) is 5.75 Å². The Morgan fingerprint density at radius 1 is 0.933 bits per heavy atom. The summed E-state index contributed by atoms with van der Waals surface area (Å²) in [5.74, 6) is -2.18. The molecular weight excluding hydrogens is 441 g/mol. The number of Topliss-reactive ketones (excluding diaryl/α,β-unsaturated/α-hetero) is 2. The average molecular weight is 452 g/mol. The highest BCUT2D eigenvalue weighted by molar-refractivity contribution is 8.00. The van der Waals surface area contributed by atoms with Crippen molar-refractivity contribution in [2.45, 2.75) is 35.3 Å². The second kappa shape index (κ2) is 7.60. The molecule has 2 aromatic carbocycles. The van der Waals surface area contributed by atoms with Gasteiger partial charge in [-0.3, -0.25) is 9.59 Å². The van der Waals surface area contributed by atoms with E-state index >= 15 is 0 Å². The summed E-state index contributed by atoms with van der Waals surface area (Å²) in [6.07, 6.45) is -10.5. The van der Waals surface area contributed by atoms with E-state index in [9.17, 15) is 40.3 Å². The highest BCUT2D eigenvalue weighted by Crippen LogP contribution is 2.54. The third kappa shape index (κ3) is 4.30. The van der Waals surface area contributed by atoms with E-state index in [1.807, 2.05) is 0 Å². The summed E-state index contributed by atoms with van der Waals surface area (Å²) in [4.78, 5) is 24.1. The number of halogens is 7. The van der Waals surface area contributed by atoms with Crippen LogP contribution in [0.1, 0.15) is 39.1 Å². The van der Waals surface area contributed by atoms with E-state index in [1.165, 1.54) is 6.07 Å². The molecule has 3 rings (SSSR count). The van der Waals surface area contributed by atoms with Gasteiger partial charge in [-0.1, -0.05) is 18.2 Å². The van der Waals surface area contributed by atoms with Gasteiger partial charge in [0.2, 0.25) is 0 Å². The predicted octanol–water partition coefficient (Wildman–Crippen LogP) is 6.22. The largest absolute Gasteiger partial charge is 0.475 e. The van der Waals surface area contributed by atoms with Gasteiger partial charge in [0.05, 0.1) is 10.5 Å². The first-order chi connectivity index (χ1) is 13.8. The van der Waals surface area contributed by atoms with Crippen molar-refractivity contribution < 1.29 is 45.1 Å². The van der Waals surface area contributed by atoms with Crippen LogP contribution < -0.4 is 4.74 Å². The molecule has 0 saturated heterocycles. The van der Waals surface area contributed by atoms with E-state index in [1.54, 1.807) is 0 Å². The Kier molecular flexibility index (Phi) is 5.61. The third-order valence-electron chi connectivity index (χ3n) is 4.19. The van der Waals surface area contributed by atoms with Crippen molar-refractivity contribution in [3.05, 3.63) is 59.2 Å². The lowest BCUT2D eigenvalue weighted by atomic mass is 9.98. The molecule has 30 heavy (non-hydrogen) atoms. The first-order valence-corrected chi connectivity index (χ1v) is 9.14. The number of carbonyl (C=O) groups is 2. The molecule has 1 aliphatic heterocycles. The molecule has 3 nitrogen and oxygen atoms in total. The fourth-order valence-corrected chi connectivity index (χ4v) is 3.55. The number of hydrogen-bond donors (Lipinski definition) is 0. The van der Waals surface area contributed by atoms with Crippen molar-refractivity contribution >= 4 is 23.3 Å². The smallest absolute Gasteiger partial charge is 0.426 e. The maximum atomic E-state index is 13.4. The SMILES string of the molecule is O=C(CCC(=O)c1ccccc1C(F)(F)F)c1ccc2c(c1)SC(F)(F)C(F)(F)O2. The third-order valence-corrected chi connectivity index (χ3v) is 5.23. The Morgan fingerprint density at radius 2 is 1.57 bits per heavy atom. The van der Waals surface area contributed by atoms with Gasteiger partial charge in [-0.25, -0.2) is 0 Å². The molecule has 0 atom stereocenters. The summed E-state index contributed by atoms with van der Waals surface area (Å²) in [6, 6.07) is 6.99. The van der Waals surface area contributed by atoms with E-state index < -0.39 is 75.5 Å². The summed E-state index contributed by atoms with van der Waals surface area (Å²) in [5.41, 5.74) is -1.88. The number of benzene rings is 2. The number of thioether (sulfide) groups is 1. The summed E-state index contributed by atoms with van der Waals surface area (Å²) < 4.78 is 96.3. The van der Waals surface area contributed by atoms with E-state index in [4.69, 9.17) is 0 Å². The lowest BCUT2D eigenvalue weighted by Crippen LogP contribution is -2.45. The van der Waals surface area contributed by atoms with Gasteiger partial charge < -0.3 is 4.74 Å². The van der Waals surface area contributed by atoms with Crippen molar-refractivity contribution in [1.82, 2.24) is 0 Å². The van der Waals surface area contributed by atoms with Crippen molar-refractivity contribution in [2.75, 3.05) is 0 Å². The molecule has 0 aromatic heterocycles. The zero-order valence-corrected chi connectivity index (χ0v) is 15.6. The molecule has 11 heteroatoms. The van der Waals surface area contributed by atoms with Crippen LogP contribution in [0.4, 0.5) is 30.7 Å². The predicted molar refractivity (Wildman–Crippen MR) is 92.2 cm³/mol. The molecule has 0 N–H and O–H groups in total. The molecule has 0 saturated carbocycles. The minimum atomic E-state index is -4.75. The number of alkyl halides is 7. The summed E-state index contributed by atoms with van der Waals surface area (Å²) in [7, 11) is 0. The van der Waals surface area contributed by atoms with Crippen molar-refractivity contribution in [3.8, 4) is 5.75 Å². The van der Waals surface area contributed by atoms with Crippen LogP contribution in [0.3, 0.4) is 0 Å². The Morgan fingerprint density at radius 3 is 2.23 bits per heavy atom. The molecule has 0 spiro atoms. The van der Waals surface area contributed by atoms with Crippen molar-refractivity contribution in [3.63, 3.8) is 0 Å². The first-order valence-electron chi connectivity index (χ1n) is 8.32. The number of carbonyl (C=O) groups excluding carboxylic acids is 2. The molecule has 1 aliphatic rings. The minimum Gasteiger partial charge on any atom is -0.426 e. The van der Waals surface area contributed by atoms with Crippen LogP contribution in [0.25, 0.3) is 0 Å². The van der Waals surface area contributed by atoms with Crippen LogP contribution in [0.2, 0.25) is 0 Å². The maximum Gasteiger partial charge on any atom is 0.475 e. The lowest BCUT2D eigenvalue weighted by molar-refractivity contribution is -0.273. The van der Waals surface area contributed by atoms with Crippen molar-refractivity contribution in [1.29, 1.82) is 0 Å². The monoisotopic (exact) mass is 452 g/mol. The van der Waals surface area contributed by atoms with E-state index in [2.05, 4.69) is 4.74 Å². The van der Waals surface area contributed by atoms with Gasteiger partial charge in [-0.15, -0.1) is 0 Å². The van der Waals surface area contributed by atoms with Crippen LogP contribution in [0.5, 0.6) is 5.75 Å². The molecule has 2 aromatic rings. The Balaban J connectivity index is 1.74. The number of rotatable bonds is 5. The summed E-state index contributed by atoms with van der Waals surface area (Å²) >= 11 is -0.474. The average Bonchev–Trinajstić information content (AvgIpc) is 2.65. The Hall–Kier alpha value is -2.56. The molecule has 0 amide bonds. The Labute approximate surface area is 169 Å². The van der Waals surface area contributed by atoms with Crippen LogP contribution >= 0.6 is 11.8 Å². The normalized spacial score (nSPS) is 17.0. The van der Waals surface area contributed by atoms with Gasteiger partial charge in [0.25, 0.3) is 0 Å². The van der Waals surface area contributed by atoms with Gasteiger partial charge >= 0.3 is 17.5 Å². The quantitative estimate of drug-likeness (QED) is 0.399. The Bertz CT molecular complexity index is 1000. The fourth-order valence-electron chi connectivity index (χ4n) is 2.72. The molecule has 1 heterocycles. The van der Waals surface area contributed by atoms with Gasteiger partial charge in [0.15, 0.2) is 11.6 Å². The van der Waals surface area contributed by atoms with E-state index in [0.717, 1.165) is 36.4 Å². The van der Waals surface area contributed by atoms with Crippen LogP contribution in [0, 0.1) is 0 Å². The maximum absolute atomic E-state index is 13.4. The van der Waals surface area contributed by atoms with Crippen LogP contribution in [-0.2, 0) is 6.18 Å². The number of ether oxygens (including phenoxy) is 1. The standard InChI is InChI=1S/C19H11F7O3S/c20-17(21,22)12-4-2-1-3-11(12)14(28)7-6-13(27)10-5-8-15-16(9-10)30-19(25,26)18(23,24)29-15/h1-5,8-9H,6-7H2. The zero-order valence-electron chi connectivity index (χ0n) is 14.7. The highest BCUT2D eigenvalue weighted by Gasteiger charge is 2.63. The first kappa shape index (κ1) is 22.1. The fraction of sp³-hybridized carbons (Fsp3) is 0.263. The molecule has 0 bridgehead atoms. The molecule has 0 radical (unpaired) electrons. The zero-order chi connectivity index (χ0) is 22.3. The van der Waals surface area contributed by atoms with Gasteiger partial charge in [-0.05, 0) is 36.0 Å². The second-order valence-electron chi connectivity index (χ2n) is 6.29. The van der Waals surface area contributed by atoms with Crippen LogP contribution in [0.15, 0.2) is 47.4 Å². The lowest BCUT2D eigenvalue weighted by Gasteiger charge is -2.31.